The van der Waals surface area contributed by atoms with Crippen molar-refractivity contribution < 1.29 is 14.5 Å². The summed E-state index contributed by atoms with van der Waals surface area (Å²) in [6, 6.07) is 19.6. The predicted molar refractivity (Wildman–Crippen MR) is 165 cm³/mol. The Hall–Kier alpha value is -4.77. The molecule has 2 aromatic carbocycles. The van der Waals surface area contributed by atoms with E-state index in [9.17, 15) is 14.9 Å². The lowest BCUT2D eigenvalue weighted by atomic mass is 9.96. The van der Waals surface area contributed by atoms with Crippen molar-refractivity contribution in [2.75, 3.05) is 19.0 Å². The topological polar surface area (TPSA) is 115 Å². The van der Waals surface area contributed by atoms with E-state index in [1.807, 2.05) is 72.7 Å². The molecule has 42 heavy (non-hydrogen) atoms. The van der Waals surface area contributed by atoms with Crippen molar-refractivity contribution in [3.63, 3.8) is 0 Å². The van der Waals surface area contributed by atoms with Gasteiger partial charge in [0.1, 0.15) is 5.75 Å². The van der Waals surface area contributed by atoms with E-state index in [1.165, 1.54) is 19.2 Å². The van der Waals surface area contributed by atoms with Crippen molar-refractivity contribution in [2.45, 2.75) is 39.3 Å². The van der Waals surface area contributed by atoms with Crippen molar-refractivity contribution in [3.8, 4) is 11.4 Å². The molecule has 216 valence electrons. The Morgan fingerprint density at radius 3 is 2.62 bits per heavy atom. The molecule has 1 amide bonds. The van der Waals surface area contributed by atoms with Crippen LogP contribution in [0.25, 0.3) is 5.69 Å². The highest BCUT2D eigenvalue weighted by Gasteiger charge is 2.41. The van der Waals surface area contributed by atoms with E-state index in [1.54, 1.807) is 12.3 Å². The number of methoxy groups -OCH3 is 1. The molecular formula is C31H32N6O4S. The number of aryl methyl sites for hydroxylation is 2. The van der Waals surface area contributed by atoms with Gasteiger partial charge in [-0.05, 0) is 80.5 Å². The van der Waals surface area contributed by atoms with E-state index in [2.05, 4.69) is 21.7 Å². The number of pyridine rings is 1. The van der Waals surface area contributed by atoms with Gasteiger partial charge in [-0.2, -0.15) is 0 Å². The summed E-state index contributed by atoms with van der Waals surface area (Å²) in [5.41, 5.74) is 6.13. The minimum absolute atomic E-state index is 0.0473. The first-order valence-corrected chi connectivity index (χ1v) is 13.9. The summed E-state index contributed by atoms with van der Waals surface area (Å²) in [7, 11) is 1.50. The van der Waals surface area contributed by atoms with Gasteiger partial charge in [0.25, 0.3) is 5.69 Å². The number of nitrogens with one attached hydrogen (secondary N) is 2. The number of hydrogen-bond acceptors (Lipinski definition) is 6. The highest BCUT2D eigenvalue weighted by Crippen LogP contribution is 2.42. The molecule has 4 aromatic rings. The highest BCUT2D eigenvalue weighted by atomic mass is 32.1. The normalized spacial score (nSPS) is 16.3. The van der Waals surface area contributed by atoms with E-state index in [0.29, 0.717) is 23.1 Å². The van der Waals surface area contributed by atoms with Crippen molar-refractivity contribution in [1.29, 1.82) is 0 Å². The van der Waals surface area contributed by atoms with E-state index in [4.69, 9.17) is 17.0 Å². The number of ether oxygens (including phenoxy) is 1. The lowest BCUT2D eigenvalue weighted by Gasteiger charge is -2.28. The maximum Gasteiger partial charge on any atom is 0.273 e. The fourth-order valence-corrected chi connectivity index (χ4v) is 5.91. The third-order valence-electron chi connectivity index (χ3n) is 7.48. The Kier molecular flexibility index (Phi) is 8.21. The van der Waals surface area contributed by atoms with Gasteiger partial charge in [0.15, 0.2) is 5.11 Å². The summed E-state index contributed by atoms with van der Waals surface area (Å²) in [4.78, 5) is 30.6. The number of anilines is 1. The van der Waals surface area contributed by atoms with Gasteiger partial charge in [-0.15, -0.1) is 0 Å². The molecule has 2 atom stereocenters. The van der Waals surface area contributed by atoms with Gasteiger partial charge in [-0.25, -0.2) is 0 Å². The van der Waals surface area contributed by atoms with Crippen molar-refractivity contribution in [1.82, 2.24) is 19.8 Å². The minimum atomic E-state index is -0.442. The van der Waals surface area contributed by atoms with Gasteiger partial charge in [0.2, 0.25) is 5.91 Å². The molecule has 3 heterocycles. The Morgan fingerprint density at radius 1 is 1.12 bits per heavy atom. The van der Waals surface area contributed by atoms with Crippen LogP contribution in [0.4, 0.5) is 11.4 Å². The van der Waals surface area contributed by atoms with E-state index in [0.717, 1.165) is 33.9 Å². The Morgan fingerprint density at radius 2 is 1.93 bits per heavy atom. The van der Waals surface area contributed by atoms with Gasteiger partial charge >= 0.3 is 0 Å². The van der Waals surface area contributed by atoms with E-state index in [-0.39, 0.29) is 30.1 Å². The van der Waals surface area contributed by atoms with Gasteiger partial charge < -0.3 is 24.8 Å². The molecule has 1 saturated heterocycles. The number of hydrogen-bond donors (Lipinski definition) is 2. The van der Waals surface area contributed by atoms with Crippen LogP contribution in [0.1, 0.15) is 46.7 Å². The van der Waals surface area contributed by atoms with Crippen LogP contribution in [0.5, 0.6) is 5.75 Å². The maximum absolute atomic E-state index is 13.0. The van der Waals surface area contributed by atoms with E-state index < -0.39 is 4.92 Å². The number of nitrogens with zero attached hydrogens (tertiary/aromatic N) is 4. The lowest BCUT2D eigenvalue weighted by Crippen LogP contribution is -2.32. The molecule has 0 bridgehead atoms. The third-order valence-corrected chi connectivity index (χ3v) is 7.84. The van der Waals surface area contributed by atoms with Crippen LogP contribution >= 0.6 is 12.2 Å². The zero-order valence-corrected chi connectivity index (χ0v) is 24.6. The monoisotopic (exact) mass is 584 g/mol. The Labute approximate surface area is 249 Å². The molecule has 5 rings (SSSR count). The zero-order valence-electron chi connectivity index (χ0n) is 23.8. The van der Waals surface area contributed by atoms with E-state index >= 15 is 0 Å². The molecule has 11 heteroatoms. The van der Waals surface area contributed by atoms with Crippen LogP contribution in [-0.2, 0) is 4.79 Å². The smallest absolute Gasteiger partial charge is 0.273 e. The molecule has 1 aliphatic rings. The van der Waals surface area contributed by atoms with Crippen LogP contribution in [0.2, 0.25) is 0 Å². The average molecular weight is 585 g/mol. The number of non-ortho nitro benzene ring substituents is 1. The number of aromatic nitrogens is 2. The molecule has 2 unspecified atom stereocenters. The maximum atomic E-state index is 13.0. The van der Waals surface area contributed by atoms with Crippen LogP contribution in [0.15, 0.2) is 72.9 Å². The van der Waals surface area contributed by atoms with Gasteiger partial charge in [0, 0.05) is 42.3 Å². The number of thiocarbonyl (C=S) groups is 1. The molecule has 10 nitrogen and oxygen atoms in total. The highest BCUT2D eigenvalue weighted by molar-refractivity contribution is 7.80. The molecule has 0 spiro atoms. The number of amides is 1. The first-order valence-electron chi connectivity index (χ1n) is 13.5. The summed E-state index contributed by atoms with van der Waals surface area (Å²) in [6.07, 6.45) is 1.98. The molecule has 0 aliphatic carbocycles. The number of carbonyl (C=O) groups excluding carboxylic acids is 1. The second-order valence-electron chi connectivity index (χ2n) is 10.3. The summed E-state index contributed by atoms with van der Waals surface area (Å²) in [6.45, 7) is 6.35. The van der Waals surface area contributed by atoms with Gasteiger partial charge in [-0.3, -0.25) is 19.9 Å². The predicted octanol–water partition coefficient (Wildman–Crippen LogP) is 5.72. The first-order chi connectivity index (χ1) is 20.2. The van der Waals surface area contributed by atoms with Crippen molar-refractivity contribution in [3.05, 3.63) is 111 Å². The number of nitro benzene ring substituents is 1. The molecule has 2 aromatic heterocycles. The minimum Gasteiger partial charge on any atom is -0.494 e. The van der Waals surface area contributed by atoms with Crippen LogP contribution in [-0.4, -0.2) is 44.0 Å². The molecular weight excluding hydrogens is 552 g/mol. The van der Waals surface area contributed by atoms with Gasteiger partial charge in [-0.1, -0.05) is 18.2 Å². The number of nitro groups is 1. The summed E-state index contributed by atoms with van der Waals surface area (Å²) in [5, 5.41) is 18.3. The van der Waals surface area contributed by atoms with Crippen molar-refractivity contribution >= 4 is 34.6 Å². The van der Waals surface area contributed by atoms with Crippen LogP contribution in [0.3, 0.4) is 0 Å². The summed E-state index contributed by atoms with van der Waals surface area (Å²) < 4.78 is 7.59. The molecule has 1 fully saturated rings. The molecule has 1 aliphatic heterocycles. The van der Waals surface area contributed by atoms with Crippen LogP contribution < -0.4 is 15.4 Å². The number of carbonyl (C=O) groups is 1. The largest absolute Gasteiger partial charge is 0.494 e. The third kappa shape index (κ3) is 5.68. The first kappa shape index (κ1) is 28.7. The SMILES string of the molecule is COc1cc([N+](=O)[O-])ccc1-n1c(C)cc(C2C(c3ccccn3)NC(=S)N2CCC(=O)Nc2cccc(C)c2)c1C. The molecule has 2 N–H and O–H groups in total. The Bertz CT molecular complexity index is 1650. The second kappa shape index (κ2) is 12.0. The standard InChI is InChI=1S/C31H32N6O4S/c1-19-8-7-9-22(16-19)33-28(38)13-15-35-30(29(34-31(35)42)25-10-5-6-14-32-25)24-17-20(2)36(21(24)3)26-12-11-23(37(39)40)18-27(26)41-4/h5-12,14,16-18,29-30H,13,15H2,1-4H3,(H,33,38)(H,34,42). The summed E-state index contributed by atoms with van der Waals surface area (Å²) >= 11 is 5.81. The fourth-order valence-electron chi connectivity index (χ4n) is 5.58. The molecule has 0 radical (unpaired) electrons. The number of benzene rings is 2. The molecule has 0 saturated carbocycles. The van der Waals surface area contributed by atoms with Crippen LogP contribution in [0, 0.1) is 30.9 Å². The van der Waals surface area contributed by atoms with Gasteiger partial charge in [0.05, 0.1) is 41.6 Å². The van der Waals surface area contributed by atoms with Crippen molar-refractivity contribution in [2.24, 2.45) is 0 Å². The second-order valence-corrected chi connectivity index (χ2v) is 10.6. The Balaban J connectivity index is 1.50. The summed E-state index contributed by atoms with van der Waals surface area (Å²) in [5.74, 6) is 0.285. The zero-order chi connectivity index (χ0) is 30.0. The number of rotatable bonds is 9. The average Bonchev–Trinajstić information content (AvgIpc) is 3.45. The quantitative estimate of drug-likeness (QED) is 0.146. The fraction of sp³-hybridized carbons (Fsp3) is 0.258. The lowest BCUT2D eigenvalue weighted by molar-refractivity contribution is -0.384.